The van der Waals surface area contributed by atoms with Crippen LogP contribution in [0.2, 0.25) is 0 Å². The van der Waals surface area contributed by atoms with Gasteiger partial charge < -0.3 is 10.0 Å². The molecular formula is C8H11N3O4S. The second-order valence-electron chi connectivity index (χ2n) is 3.16. The Labute approximate surface area is 95.5 Å². The summed E-state index contributed by atoms with van der Waals surface area (Å²) in [6.07, 6.45) is 1.77. The molecule has 0 radical (unpaired) electrons. The molecule has 0 aliphatic rings. The fourth-order valence-electron chi connectivity index (χ4n) is 1.08. The summed E-state index contributed by atoms with van der Waals surface area (Å²) in [7, 11) is 1.73. The van der Waals surface area contributed by atoms with Crippen LogP contribution >= 0.6 is 11.3 Å². The van der Waals surface area contributed by atoms with Gasteiger partial charge in [-0.3, -0.25) is 14.9 Å². The van der Waals surface area contributed by atoms with E-state index in [1.807, 2.05) is 0 Å². The van der Waals surface area contributed by atoms with Crippen LogP contribution < -0.4 is 4.90 Å². The largest absolute Gasteiger partial charge is 0.481 e. The van der Waals surface area contributed by atoms with Crippen LogP contribution in [0.15, 0.2) is 6.20 Å². The number of hydrogen-bond acceptors (Lipinski definition) is 6. The smallest absolute Gasteiger partial charge is 0.345 e. The third kappa shape index (κ3) is 3.46. The molecule has 88 valence electrons. The molecule has 0 saturated carbocycles. The third-order valence-electron chi connectivity index (χ3n) is 1.87. The van der Waals surface area contributed by atoms with Crippen LogP contribution in [0.25, 0.3) is 0 Å². The topological polar surface area (TPSA) is 96.6 Å². The first-order valence-corrected chi connectivity index (χ1v) is 5.35. The van der Waals surface area contributed by atoms with Gasteiger partial charge in [-0.05, 0) is 17.8 Å². The zero-order valence-corrected chi connectivity index (χ0v) is 9.44. The molecule has 16 heavy (non-hydrogen) atoms. The van der Waals surface area contributed by atoms with Crippen molar-refractivity contribution in [2.24, 2.45) is 0 Å². The summed E-state index contributed by atoms with van der Waals surface area (Å²) in [5.41, 5.74) is 0. The Hall–Kier alpha value is -1.70. The molecule has 0 aliphatic heterocycles. The van der Waals surface area contributed by atoms with Crippen molar-refractivity contribution in [3.63, 3.8) is 0 Å². The van der Waals surface area contributed by atoms with E-state index in [9.17, 15) is 14.9 Å². The zero-order chi connectivity index (χ0) is 12.1. The van der Waals surface area contributed by atoms with Gasteiger partial charge in [0.25, 0.3) is 0 Å². The number of aromatic nitrogens is 1. The molecule has 1 N–H and O–H groups in total. The van der Waals surface area contributed by atoms with E-state index >= 15 is 0 Å². The van der Waals surface area contributed by atoms with Crippen molar-refractivity contribution in [2.45, 2.75) is 12.8 Å². The van der Waals surface area contributed by atoms with Crippen LogP contribution in [0.4, 0.5) is 10.1 Å². The first kappa shape index (κ1) is 12.4. The quantitative estimate of drug-likeness (QED) is 0.600. The molecule has 0 aliphatic carbocycles. The number of nitro groups is 1. The van der Waals surface area contributed by atoms with Gasteiger partial charge in [-0.2, -0.15) is 0 Å². The summed E-state index contributed by atoms with van der Waals surface area (Å²) < 4.78 is 0. The average Bonchev–Trinajstić information content (AvgIpc) is 2.65. The summed E-state index contributed by atoms with van der Waals surface area (Å²) >= 11 is 0.976. The van der Waals surface area contributed by atoms with E-state index in [0.29, 0.717) is 18.1 Å². The molecule has 7 nitrogen and oxygen atoms in total. The van der Waals surface area contributed by atoms with Crippen molar-refractivity contribution >= 4 is 27.4 Å². The maximum Gasteiger partial charge on any atom is 0.345 e. The SMILES string of the molecule is CN(CCCC(=O)O)c1ncc([N+](=O)[O-])s1. The fraction of sp³-hybridized carbons (Fsp3) is 0.500. The van der Waals surface area contributed by atoms with E-state index in [4.69, 9.17) is 5.11 Å². The van der Waals surface area contributed by atoms with Gasteiger partial charge in [-0.25, -0.2) is 4.98 Å². The number of carbonyl (C=O) groups is 1. The number of hydrogen-bond donors (Lipinski definition) is 1. The zero-order valence-electron chi connectivity index (χ0n) is 8.62. The molecular weight excluding hydrogens is 234 g/mol. The highest BCUT2D eigenvalue weighted by Gasteiger charge is 2.14. The molecule has 0 aromatic carbocycles. The monoisotopic (exact) mass is 245 g/mol. The second kappa shape index (κ2) is 5.40. The van der Waals surface area contributed by atoms with Crippen LogP contribution in [-0.4, -0.2) is 34.6 Å². The minimum absolute atomic E-state index is 0.0138. The minimum Gasteiger partial charge on any atom is -0.481 e. The minimum atomic E-state index is -0.849. The first-order valence-electron chi connectivity index (χ1n) is 4.54. The summed E-state index contributed by atoms with van der Waals surface area (Å²) in [6.45, 7) is 0.511. The van der Waals surface area contributed by atoms with E-state index in [-0.39, 0.29) is 11.4 Å². The van der Waals surface area contributed by atoms with Gasteiger partial charge in [-0.1, -0.05) is 0 Å². The summed E-state index contributed by atoms with van der Waals surface area (Å²) in [5.74, 6) is -0.849. The highest BCUT2D eigenvalue weighted by Crippen LogP contribution is 2.27. The molecule has 0 saturated heterocycles. The Kier molecular flexibility index (Phi) is 4.18. The van der Waals surface area contributed by atoms with Crippen LogP contribution in [0.1, 0.15) is 12.8 Å². The lowest BCUT2D eigenvalue weighted by molar-refractivity contribution is -0.380. The number of rotatable bonds is 6. The Morgan fingerprint density at radius 2 is 2.44 bits per heavy atom. The van der Waals surface area contributed by atoms with Crippen molar-refractivity contribution < 1.29 is 14.8 Å². The van der Waals surface area contributed by atoms with Gasteiger partial charge in [0.1, 0.15) is 6.20 Å². The number of carboxylic acids is 1. The van der Waals surface area contributed by atoms with Gasteiger partial charge in [0.2, 0.25) is 0 Å². The van der Waals surface area contributed by atoms with E-state index in [1.54, 1.807) is 11.9 Å². The molecule has 0 atom stereocenters. The Balaban J connectivity index is 2.49. The van der Waals surface area contributed by atoms with Gasteiger partial charge >= 0.3 is 11.0 Å². The summed E-state index contributed by atoms with van der Waals surface area (Å²) in [4.78, 5) is 25.8. The lowest BCUT2D eigenvalue weighted by Crippen LogP contribution is -2.18. The van der Waals surface area contributed by atoms with Gasteiger partial charge in [0.05, 0.1) is 4.92 Å². The maximum absolute atomic E-state index is 10.4. The number of aliphatic carboxylic acids is 1. The third-order valence-corrected chi connectivity index (χ3v) is 2.94. The van der Waals surface area contributed by atoms with Crippen molar-refractivity contribution in [3.8, 4) is 0 Å². The van der Waals surface area contributed by atoms with E-state index in [1.165, 1.54) is 6.20 Å². The second-order valence-corrected chi connectivity index (χ2v) is 4.14. The summed E-state index contributed by atoms with van der Waals surface area (Å²) in [5, 5.41) is 19.4. The van der Waals surface area contributed by atoms with Crippen LogP contribution in [0.3, 0.4) is 0 Å². The number of carboxylic acid groups (broad SMARTS) is 1. The van der Waals surface area contributed by atoms with E-state index in [2.05, 4.69) is 4.98 Å². The number of thiazole rings is 1. The highest BCUT2D eigenvalue weighted by molar-refractivity contribution is 7.18. The molecule has 1 heterocycles. The number of nitrogens with zero attached hydrogens (tertiary/aromatic N) is 3. The lowest BCUT2D eigenvalue weighted by Gasteiger charge is -2.13. The van der Waals surface area contributed by atoms with Gasteiger partial charge in [-0.15, -0.1) is 0 Å². The Bertz CT molecular complexity index is 392. The van der Waals surface area contributed by atoms with E-state index in [0.717, 1.165) is 11.3 Å². The lowest BCUT2D eigenvalue weighted by atomic mass is 10.3. The van der Waals surface area contributed by atoms with Gasteiger partial charge in [0, 0.05) is 20.0 Å². The normalized spacial score (nSPS) is 10.1. The molecule has 0 fully saturated rings. The molecule has 0 spiro atoms. The molecule has 1 rings (SSSR count). The Morgan fingerprint density at radius 1 is 1.75 bits per heavy atom. The van der Waals surface area contributed by atoms with E-state index < -0.39 is 10.9 Å². The van der Waals surface area contributed by atoms with Crippen molar-refractivity contribution in [3.05, 3.63) is 16.3 Å². The molecule has 0 unspecified atom stereocenters. The summed E-state index contributed by atoms with van der Waals surface area (Å²) in [6, 6.07) is 0. The fourth-order valence-corrected chi connectivity index (χ4v) is 1.80. The standard InChI is InChI=1S/C8H11N3O4S/c1-10(4-2-3-7(12)13)8-9-5-6(16-8)11(14)15/h5H,2-4H2,1H3,(H,12,13). The van der Waals surface area contributed by atoms with Crippen LogP contribution in [0.5, 0.6) is 0 Å². The van der Waals surface area contributed by atoms with Crippen molar-refractivity contribution in [2.75, 3.05) is 18.5 Å². The highest BCUT2D eigenvalue weighted by atomic mass is 32.1. The molecule has 1 aromatic heterocycles. The predicted molar refractivity (Wildman–Crippen MR) is 58.9 cm³/mol. The Morgan fingerprint density at radius 3 is 2.94 bits per heavy atom. The van der Waals surface area contributed by atoms with Gasteiger partial charge in [0.15, 0.2) is 5.13 Å². The maximum atomic E-state index is 10.4. The average molecular weight is 245 g/mol. The van der Waals surface area contributed by atoms with Crippen molar-refractivity contribution in [1.29, 1.82) is 0 Å². The molecule has 0 bridgehead atoms. The van der Waals surface area contributed by atoms with Crippen LogP contribution in [0, 0.1) is 10.1 Å². The molecule has 1 aromatic rings. The number of anilines is 1. The first-order chi connectivity index (χ1) is 7.50. The molecule has 0 amide bonds. The van der Waals surface area contributed by atoms with Crippen molar-refractivity contribution in [1.82, 2.24) is 4.98 Å². The predicted octanol–water partition coefficient (Wildman–Crippen LogP) is 1.35. The van der Waals surface area contributed by atoms with Crippen LogP contribution in [-0.2, 0) is 4.79 Å². The molecule has 8 heteroatoms.